The van der Waals surface area contributed by atoms with Crippen LogP contribution in [0.2, 0.25) is 0 Å². The summed E-state index contributed by atoms with van der Waals surface area (Å²) in [6.07, 6.45) is 2.08. The molecule has 0 aromatic heterocycles. The third-order valence-corrected chi connectivity index (χ3v) is 4.08. The number of ether oxygens (including phenoxy) is 1. The van der Waals surface area contributed by atoms with Crippen LogP contribution in [-0.2, 0) is 16.1 Å². The summed E-state index contributed by atoms with van der Waals surface area (Å²) in [5.74, 6) is 0.282. The molecule has 20 heavy (non-hydrogen) atoms. The fraction of sp³-hybridized carbons (Fsp3) is 0.533. The van der Waals surface area contributed by atoms with Gasteiger partial charge in [-0.3, -0.25) is 4.79 Å². The Morgan fingerprint density at radius 3 is 2.85 bits per heavy atom. The molecule has 0 aliphatic carbocycles. The van der Waals surface area contributed by atoms with Gasteiger partial charge in [0.25, 0.3) is 0 Å². The zero-order chi connectivity index (χ0) is 14.0. The van der Waals surface area contributed by atoms with Crippen LogP contribution in [0.15, 0.2) is 24.3 Å². The summed E-state index contributed by atoms with van der Waals surface area (Å²) in [5, 5.41) is 12.7. The van der Waals surface area contributed by atoms with Crippen molar-refractivity contribution in [3.63, 3.8) is 0 Å². The zero-order valence-electron chi connectivity index (χ0n) is 11.5. The highest BCUT2D eigenvalue weighted by Gasteiger charge is 2.40. The van der Waals surface area contributed by atoms with E-state index >= 15 is 0 Å². The van der Waals surface area contributed by atoms with Crippen molar-refractivity contribution >= 4 is 5.91 Å². The number of phenolic OH excluding ortho intramolecular Hbond substituents is 1. The third kappa shape index (κ3) is 2.78. The highest BCUT2D eigenvalue weighted by Crippen LogP contribution is 2.27. The molecule has 1 aromatic rings. The van der Waals surface area contributed by atoms with Gasteiger partial charge in [-0.25, -0.2) is 0 Å². The Balaban J connectivity index is 1.70. The molecule has 3 rings (SSSR count). The lowest BCUT2D eigenvalue weighted by atomic mass is 9.91. The summed E-state index contributed by atoms with van der Waals surface area (Å²) >= 11 is 0. The number of piperidine rings is 1. The van der Waals surface area contributed by atoms with Crippen LogP contribution in [0.1, 0.15) is 18.4 Å². The monoisotopic (exact) mass is 276 g/mol. The molecule has 5 nitrogen and oxygen atoms in total. The van der Waals surface area contributed by atoms with Crippen LogP contribution < -0.4 is 5.32 Å². The number of hydrogen-bond acceptors (Lipinski definition) is 4. The van der Waals surface area contributed by atoms with E-state index in [1.54, 1.807) is 12.1 Å². The maximum atomic E-state index is 12.0. The second-order valence-electron chi connectivity index (χ2n) is 5.67. The predicted octanol–water partition coefficient (Wildman–Crippen LogP) is 0.873. The second-order valence-corrected chi connectivity index (χ2v) is 5.67. The van der Waals surface area contributed by atoms with Crippen molar-refractivity contribution in [3.05, 3.63) is 29.8 Å². The molecular weight excluding hydrogens is 256 g/mol. The number of benzene rings is 1. The Bertz CT molecular complexity index is 480. The normalized spacial score (nSPS) is 27.0. The largest absolute Gasteiger partial charge is 0.508 e. The average Bonchev–Trinajstić information content (AvgIpc) is 2.47. The lowest BCUT2D eigenvalue weighted by Gasteiger charge is -2.44. The summed E-state index contributed by atoms with van der Waals surface area (Å²) in [6.45, 7) is 3.22. The van der Waals surface area contributed by atoms with Crippen molar-refractivity contribution in [2.45, 2.75) is 25.0 Å². The van der Waals surface area contributed by atoms with E-state index in [1.807, 2.05) is 17.0 Å². The molecule has 2 fully saturated rings. The van der Waals surface area contributed by atoms with E-state index in [0.717, 1.165) is 31.5 Å². The van der Waals surface area contributed by atoms with E-state index in [1.165, 1.54) is 0 Å². The topological polar surface area (TPSA) is 61.8 Å². The quantitative estimate of drug-likeness (QED) is 0.841. The van der Waals surface area contributed by atoms with E-state index in [2.05, 4.69) is 5.32 Å². The average molecular weight is 276 g/mol. The Morgan fingerprint density at radius 2 is 2.15 bits per heavy atom. The SMILES string of the molecule is O=C1COC2(CCCNC2)CN1Cc1ccc(O)cc1. The standard InChI is InChI=1S/C15H20N2O3/c18-13-4-2-12(3-5-13)8-17-11-15(20-9-14(17)19)6-1-7-16-10-15/h2-5,16,18H,1,6-11H2. The molecule has 0 saturated carbocycles. The van der Waals surface area contributed by atoms with Crippen LogP contribution in [0, 0.1) is 0 Å². The predicted molar refractivity (Wildman–Crippen MR) is 74.3 cm³/mol. The maximum Gasteiger partial charge on any atom is 0.249 e. The molecule has 0 bridgehead atoms. The first-order chi connectivity index (χ1) is 9.67. The first kappa shape index (κ1) is 13.4. The van der Waals surface area contributed by atoms with Gasteiger partial charge in [-0.2, -0.15) is 0 Å². The van der Waals surface area contributed by atoms with Crippen molar-refractivity contribution in [3.8, 4) is 5.75 Å². The molecule has 1 unspecified atom stereocenters. The molecular formula is C15H20N2O3. The van der Waals surface area contributed by atoms with Gasteiger partial charge in [0, 0.05) is 13.1 Å². The van der Waals surface area contributed by atoms with Crippen LogP contribution in [0.3, 0.4) is 0 Å². The van der Waals surface area contributed by atoms with E-state index in [9.17, 15) is 9.90 Å². The van der Waals surface area contributed by atoms with Crippen molar-refractivity contribution in [2.24, 2.45) is 0 Å². The van der Waals surface area contributed by atoms with E-state index < -0.39 is 0 Å². The Labute approximate surface area is 118 Å². The molecule has 2 aliphatic rings. The number of aromatic hydroxyl groups is 1. The number of nitrogens with one attached hydrogen (secondary N) is 1. The van der Waals surface area contributed by atoms with Gasteiger partial charge in [-0.05, 0) is 37.1 Å². The smallest absolute Gasteiger partial charge is 0.249 e. The molecule has 1 amide bonds. The first-order valence-electron chi connectivity index (χ1n) is 7.07. The minimum Gasteiger partial charge on any atom is -0.508 e. The molecule has 1 spiro atoms. The number of hydrogen-bond donors (Lipinski definition) is 2. The number of phenols is 1. The minimum absolute atomic E-state index is 0.0364. The molecule has 2 N–H and O–H groups in total. The van der Waals surface area contributed by atoms with Crippen molar-refractivity contribution in [1.82, 2.24) is 10.2 Å². The number of nitrogens with zero attached hydrogens (tertiary/aromatic N) is 1. The highest BCUT2D eigenvalue weighted by molar-refractivity contribution is 5.78. The molecule has 2 saturated heterocycles. The fourth-order valence-corrected chi connectivity index (χ4v) is 2.95. The second kappa shape index (κ2) is 5.42. The molecule has 108 valence electrons. The van der Waals surface area contributed by atoms with Gasteiger partial charge in [0.15, 0.2) is 0 Å². The van der Waals surface area contributed by atoms with Crippen molar-refractivity contribution in [2.75, 3.05) is 26.2 Å². The molecule has 1 aromatic carbocycles. The number of carbonyl (C=O) groups excluding carboxylic acids is 1. The summed E-state index contributed by atoms with van der Waals surface area (Å²) < 4.78 is 5.81. The van der Waals surface area contributed by atoms with Gasteiger partial charge in [0.05, 0.1) is 12.1 Å². The van der Waals surface area contributed by atoms with E-state index in [-0.39, 0.29) is 23.9 Å². The summed E-state index contributed by atoms with van der Waals surface area (Å²) in [5.41, 5.74) is 0.806. The molecule has 1 atom stereocenters. The summed E-state index contributed by atoms with van der Waals surface area (Å²) in [6, 6.07) is 7.00. The van der Waals surface area contributed by atoms with Gasteiger partial charge >= 0.3 is 0 Å². The van der Waals surface area contributed by atoms with Gasteiger partial charge in [-0.15, -0.1) is 0 Å². The third-order valence-electron chi connectivity index (χ3n) is 4.08. The lowest BCUT2D eigenvalue weighted by molar-refractivity contribution is -0.167. The van der Waals surface area contributed by atoms with Crippen molar-refractivity contribution < 1.29 is 14.6 Å². The first-order valence-corrected chi connectivity index (χ1v) is 7.07. The van der Waals surface area contributed by atoms with Gasteiger partial charge in [0.1, 0.15) is 12.4 Å². The number of amides is 1. The van der Waals surface area contributed by atoms with Crippen LogP contribution in [-0.4, -0.2) is 47.8 Å². The minimum atomic E-state index is -0.219. The van der Waals surface area contributed by atoms with Crippen LogP contribution in [0.4, 0.5) is 0 Å². The van der Waals surface area contributed by atoms with Gasteiger partial charge in [-0.1, -0.05) is 12.1 Å². The molecule has 2 heterocycles. The highest BCUT2D eigenvalue weighted by atomic mass is 16.5. The van der Waals surface area contributed by atoms with Gasteiger partial charge < -0.3 is 20.1 Å². The number of morpholine rings is 1. The molecule has 5 heteroatoms. The number of rotatable bonds is 2. The lowest BCUT2D eigenvalue weighted by Crippen LogP contribution is -2.60. The molecule has 2 aliphatic heterocycles. The zero-order valence-corrected chi connectivity index (χ0v) is 11.5. The number of carbonyl (C=O) groups is 1. The van der Waals surface area contributed by atoms with Crippen molar-refractivity contribution in [1.29, 1.82) is 0 Å². The summed E-state index contributed by atoms with van der Waals surface area (Å²) in [7, 11) is 0. The Hall–Kier alpha value is -1.59. The van der Waals surface area contributed by atoms with E-state index in [0.29, 0.717) is 13.1 Å². The van der Waals surface area contributed by atoms with E-state index in [4.69, 9.17) is 4.74 Å². The van der Waals surface area contributed by atoms with Crippen LogP contribution in [0.25, 0.3) is 0 Å². The maximum absolute atomic E-state index is 12.0. The van der Waals surface area contributed by atoms with Crippen LogP contribution in [0.5, 0.6) is 5.75 Å². The fourth-order valence-electron chi connectivity index (χ4n) is 2.95. The molecule has 0 radical (unpaired) electrons. The summed E-state index contributed by atoms with van der Waals surface area (Å²) in [4.78, 5) is 13.9. The van der Waals surface area contributed by atoms with Gasteiger partial charge in [0.2, 0.25) is 5.91 Å². The van der Waals surface area contributed by atoms with Crippen LogP contribution >= 0.6 is 0 Å². The Morgan fingerprint density at radius 1 is 1.35 bits per heavy atom. The Kier molecular flexibility index (Phi) is 3.63.